The van der Waals surface area contributed by atoms with E-state index < -0.39 is 26.6 Å². The number of carbonyl (C=O) groups is 1. The van der Waals surface area contributed by atoms with Crippen molar-refractivity contribution in [1.29, 1.82) is 0 Å². The molecule has 3 N–H and O–H groups in total. The van der Waals surface area contributed by atoms with Gasteiger partial charge >= 0.3 is 5.97 Å². The van der Waals surface area contributed by atoms with E-state index >= 15 is 0 Å². The maximum Gasteiger partial charge on any atom is 0.340 e. The Labute approximate surface area is 115 Å². The summed E-state index contributed by atoms with van der Waals surface area (Å²) in [5.74, 6) is -1.36. The lowest BCUT2D eigenvalue weighted by molar-refractivity contribution is 0.0692. The molecule has 0 saturated heterocycles. The Hall–Kier alpha value is -2.35. The smallest absolute Gasteiger partial charge is 0.340 e. The van der Waals surface area contributed by atoms with Crippen LogP contribution in [0.2, 0.25) is 0 Å². The fourth-order valence-corrected chi connectivity index (χ4v) is 2.80. The van der Waals surface area contributed by atoms with Gasteiger partial charge in [0.15, 0.2) is 5.03 Å². The fourth-order valence-electron chi connectivity index (χ4n) is 1.65. The Bertz CT molecular complexity index is 719. The number of rotatable bonds is 5. The van der Waals surface area contributed by atoms with Gasteiger partial charge in [0.05, 0.1) is 6.20 Å². The molecule has 0 amide bonds. The van der Waals surface area contributed by atoms with E-state index in [0.29, 0.717) is 5.69 Å². The average molecular weight is 295 g/mol. The quantitative estimate of drug-likeness (QED) is 0.773. The first-order valence-corrected chi connectivity index (χ1v) is 7.30. The number of carboxylic acids is 1. The highest BCUT2D eigenvalue weighted by molar-refractivity contribution is 7.92. The summed E-state index contributed by atoms with van der Waals surface area (Å²) in [6.07, 6.45) is 1.80. The highest BCUT2D eigenvalue weighted by Gasteiger charge is 2.24. The maximum absolute atomic E-state index is 12.1. The predicted octanol–water partition coefficient (Wildman–Crippen LogP) is 1.47. The second-order valence-electron chi connectivity index (χ2n) is 4.07. The molecule has 0 aliphatic carbocycles. The highest BCUT2D eigenvalue weighted by atomic mass is 32.2. The first-order chi connectivity index (χ1) is 9.44. The van der Waals surface area contributed by atoms with Gasteiger partial charge in [-0.05, 0) is 24.1 Å². The van der Waals surface area contributed by atoms with Crippen LogP contribution < -0.4 is 4.72 Å². The average Bonchev–Trinajstić information content (AvgIpc) is 2.89. The molecule has 0 aliphatic rings. The summed E-state index contributed by atoms with van der Waals surface area (Å²) in [4.78, 5) is 10.9. The van der Waals surface area contributed by atoms with Crippen molar-refractivity contribution < 1.29 is 18.3 Å². The predicted molar refractivity (Wildman–Crippen MR) is 72.2 cm³/mol. The summed E-state index contributed by atoms with van der Waals surface area (Å²) >= 11 is 0. The maximum atomic E-state index is 12.1. The van der Waals surface area contributed by atoms with E-state index in [9.17, 15) is 13.2 Å². The number of hydrogen-bond acceptors (Lipinski definition) is 4. The summed E-state index contributed by atoms with van der Waals surface area (Å²) in [6, 6.07) is 6.83. The standard InChI is InChI=1S/C12H13N3O4S/c1-2-8-3-5-9(6-4-8)15-20(18,19)11-10(12(16)17)7-13-14-11/h3-7,15H,2H2,1H3,(H,13,14)(H,16,17). The van der Waals surface area contributed by atoms with Crippen LogP contribution in [0.1, 0.15) is 22.8 Å². The van der Waals surface area contributed by atoms with Crippen molar-refractivity contribution in [1.82, 2.24) is 10.2 Å². The number of hydrogen-bond donors (Lipinski definition) is 3. The zero-order valence-electron chi connectivity index (χ0n) is 10.6. The number of aromatic carboxylic acids is 1. The van der Waals surface area contributed by atoms with Gasteiger partial charge in [-0.3, -0.25) is 9.82 Å². The molecule has 0 unspecified atom stereocenters. The summed E-state index contributed by atoms with van der Waals surface area (Å²) in [6.45, 7) is 1.99. The molecule has 0 spiro atoms. The lowest BCUT2D eigenvalue weighted by atomic mass is 10.2. The molecule has 0 atom stereocenters. The van der Waals surface area contributed by atoms with Gasteiger partial charge in [0.2, 0.25) is 0 Å². The van der Waals surface area contributed by atoms with Crippen molar-refractivity contribution >= 4 is 21.7 Å². The Morgan fingerprint density at radius 3 is 2.55 bits per heavy atom. The zero-order valence-corrected chi connectivity index (χ0v) is 11.4. The van der Waals surface area contributed by atoms with E-state index in [0.717, 1.165) is 18.2 Å². The minimum atomic E-state index is -4.01. The topological polar surface area (TPSA) is 112 Å². The van der Waals surface area contributed by atoms with Crippen molar-refractivity contribution in [2.45, 2.75) is 18.4 Å². The third-order valence-electron chi connectivity index (χ3n) is 2.72. The van der Waals surface area contributed by atoms with Crippen molar-refractivity contribution in [2.24, 2.45) is 0 Å². The van der Waals surface area contributed by atoms with E-state index in [2.05, 4.69) is 14.9 Å². The second kappa shape index (κ2) is 5.33. The van der Waals surface area contributed by atoms with E-state index in [1.807, 2.05) is 6.92 Å². The van der Waals surface area contributed by atoms with Crippen LogP contribution in [0.5, 0.6) is 0 Å². The van der Waals surface area contributed by atoms with Crippen molar-refractivity contribution in [3.8, 4) is 0 Å². The van der Waals surface area contributed by atoms with E-state index in [1.165, 1.54) is 0 Å². The summed E-state index contributed by atoms with van der Waals surface area (Å²) < 4.78 is 26.5. The summed E-state index contributed by atoms with van der Waals surface area (Å²) in [7, 11) is -4.01. The molecule has 0 fully saturated rings. The molecule has 8 heteroatoms. The van der Waals surface area contributed by atoms with Crippen LogP contribution in [0.15, 0.2) is 35.5 Å². The van der Waals surface area contributed by atoms with E-state index in [4.69, 9.17) is 5.11 Å². The molecule has 0 aliphatic heterocycles. The van der Waals surface area contributed by atoms with Gasteiger partial charge in [0.1, 0.15) is 5.56 Å². The number of anilines is 1. The number of carboxylic acid groups (broad SMARTS) is 1. The molecule has 20 heavy (non-hydrogen) atoms. The minimum Gasteiger partial charge on any atom is -0.478 e. The Kier molecular flexibility index (Phi) is 3.75. The molecule has 1 aromatic carbocycles. The van der Waals surface area contributed by atoms with Crippen LogP contribution in [-0.2, 0) is 16.4 Å². The number of benzene rings is 1. The Morgan fingerprint density at radius 2 is 2.00 bits per heavy atom. The van der Waals surface area contributed by atoms with Crippen LogP contribution in [0.4, 0.5) is 5.69 Å². The Balaban J connectivity index is 2.30. The van der Waals surface area contributed by atoms with Gasteiger partial charge in [-0.15, -0.1) is 0 Å². The third-order valence-corrected chi connectivity index (χ3v) is 4.07. The molecule has 1 heterocycles. The van der Waals surface area contributed by atoms with Gasteiger partial charge in [-0.1, -0.05) is 19.1 Å². The summed E-state index contributed by atoms with van der Waals surface area (Å²) in [5, 5.41) is 14.1. The molecule has 0 bridgehead atoms. The Morgan fingerprint density at radius 1 is 1.35 bits per heavy atom. The van der Waals surface area contributed by atoms with Crippen molar-refractivity contribution in [2.75, 3.05) is 4.72 Å². The van der Waals surface area contributed by atoms with Gasteiger partial charge in [-0.2, -0.15) is 13.5 Å². The third kappa shape index (κ3) is 2.80. The van der Waals surface area contributed by atoms with E-state index in [1.54, 1.807) is 24.3 Å². The van der Waals surface area contributed by atoms with Crippen LogP contribution in [-0.4, -0.2) is 29.7 Å². The first kappa shape index (κ1) is 14.1. The van der Waals surface area contributed by atoms with E-state index in [-0.39, 0.29) is 0 Å². The van der Waals surface area contributed by atoms with Crippen molar-refractivity contribution in [3.63, 3.8) is 0 Å². The van der Waals surface area contributed by atoms with Gasteiger partial charge < -0.3 is 5.11 Å². The van der Waals surface area contributed by atoms with Crippen molar-refractivity contribution in [3.05, 3.63) is 41.6 Å². The number of nitrogens with zero attached hydrogens (tertiary/aromatic N) is 1. The zero-order chi connectivity index (χ0) is 14.8. The van der Waals surface area contributed by atoms with Gasteiger partial charge in [0, 0.05) is 5.69 Å². The van der Waals surface area contributed by atoms with Gasteiger partial charge in [-0.25, -0.2) is 4.79 Å². The summed E-state index contributed by atoms with van der Waals surface area (Å²) in [5.41, 5.74) is 1.02. The largest absolute Gasteiger partial charge is 0.478 e. The number of sulfonamides is 1. The van der Waals surface area contributed by atoms with Crippen LogP contribution in [0, 0.1) is 0 Å². The fraction of sp³-hybridized carbons (Fsp3) is 0.167. The van der Waals surface area contributed by atoms with Crippen LogP contribution >= 0.6 is 0 Å². The van der Waals surface area contributed by atoms with Gasteiger partial charge in [0.25, 0.3) is 10.0 Å². The molecule has 1 aromatic heterocycles. The minimum absolute atomic E-state index is 0.355. The molecule has 0 radical (unpaired) electrons. The molecule has 7 nitrogen and oxygen atoms in total. The lowest BCUT2D eigenvalue weighted by Gasteiger charge is -2.07. The number of aryl methyl sites for hydroxylation is 1. The second-order valence-corrected chi connectivity index (χ2v) is 5.69. The molecule has 2 rings (SSSR count). The molecular formula is C12H13N3O4S. The number of aromatic nitrogens is 2. The van der Waals surface area contributed by atoms with Crippen LogP contribution in [0.25, 0.3) is 0 Å². The number of H-pyrrole nitrogens is 1. The highest BCUT2D eigenvalue weighted by Crippen LogP contribution is 2.18. The molecule has 106 valence electrons. The SMILES string of the molecule is CCc1ccc(NS(=O)(=O)c2[nH]ncc2C(=O)O)cc1. The number of nitrogens with one attached hydrogen (secondary N) is 2. The normalized spacial score (nSPS) is 11.2. The number of aromatic amines is 1. The molecule has 2 aromatic rings. The first-order valence-electron chi connectivity index (χ1n) is 5.82. The lowest BCUT2D eigenvalue weighted by Crippen LogP contribution is -2.16. The molecule has 0 saturated carbocycles. The monoisotopic (exact) mass is 295 g/mol. The van der Waals surface area contributed by atoms with Crippen LogP contribution in [0.3, 0.4) is 0 Å². The molecular weight excluding hydrogens is 282 g/mol.